The van der Waals surface area contributed by atoms with E-state index in [9.17, 15) is 18.0 Å². The normalized spacial score (nSPS) is 13.6. The van der Waals surface area contributed by atoms with Crippen molar-refractivity contribution in [1.29, 1.82) is 0 Å². The third-order valence-corrected chi connectivity index (χ3v) is 4.40. The topological polar surface area (TPSA) is 142 Å². The van der Waals surface area contributed by atoms with Crippen molar-refractivity contribution < 1.29 is 27.8 Å². The van der Waals surface area contributed by atoms with Crippen LogP contribution in [-0.4, -0.2) is 42.8 Å². The molecule has 1 unspecified atom stereocenters. The summed E-state index contributed by atoms with van der Waals surface area (Å²) < 4.78 is 47.1. The van der Waals surface area contributed by atoms with E-state index in [0.717, 1.165) is 6.20 Å². The molecule has 31 heavy (non-hydrogen) atoms. The van der Waals surface area contributed by atoms with Crippen LogP contribution in [0.3, 0.4) is 0 Å². The van der Waals surface area contributed by atoms with Crippen molar-refractivity contribution in [3.8, 4) is 17.1 Å². The summed E-state index contributed by atoms with van der Waals surface area (Å²) >= 11 is 0. The molecule has 0 aliphatic heterocycles. The molecule has 2 atom stereocenters. The standard InChI is InChI=1S/C19H19F3N6O3/c1-28-9-25-8-14(28)16(19(20,21)22)31-15-7-13(26-18(24)27-15)11-4-2-10(3-5-11)6-12(23)17(29)30/h2-5,7-9,12,16H,6,23H2,1H3,(H,29,30)(H2,24,26,27)/t12-,16?/m0/s1. The first-order valence-corrected chi connectivity index (χ1v) is 8.96. The molecule has 0 fully saturated rings. The monoisotopic (exact) mass is 436 g/mol. The zero-order valence-corrected chi connectivity index (χ0v) is 16.2. The molecule has 2 aromatic heterocycles. The summed E-state index contributed by atoms with van der Waals surface area (Å²) in [7, 11) is 1.42. The molecule has 0 bridgehead atoms. The largest absolute Gasteiger partial charge is 0.480 e. The Hall–Kier alpha value is -3.67. The van der Waals surface area contributed by atoms with E-state index in [1.807, 2.05) is 0 Å². The summed E-state index contributed by atoms with van der Waals surface area (Å²) in [6.45, 7) is 0. The van der Waals surface area contributed by atoms with Crippen LogP contribution in [-0.2, 0) is 18.3 Å². The molecule has 0 spiro atoms. The van der Waals surface area contributed by atoms with Crippen LogP contribution in [0.4, 0.5) is 19.1 Å². The number of aliphatic carboxylic acids is 1. The van der Waals surface area contributed by atoms with Gasteiger partial charge in [-0.1, -0.05) is 24.3 Å². The predicted octanol–water partition coefficient (Wildman–Crippen LogP) is 2.10. The number of carboxylic acid groups (broad SMARTS) is 1. The van der Waals surface area contributed by atoms with Crippen molar-refractivity contribution in [2.75, 3.05) is 5.73 Å². The van der Waals surface area contributed by atoms with Crippen LogP contribution in [0, 0.1) is 0 Å². The van der Waals surface area contributed by atoms with E-state index < -0.39 is 24.3 Å². The third-order valence-electron chi connectivity index (χ3n) is 4.40. The molecular weight excluding hydrogens is 417 g/mol. The zero-order chi connectivity index (χ0) is 22.8. The molecule has 12 heteroatoms. The van der Waals surface area contributed by atoms with Gasteiger partial charge < -0.3 is 25.9 Å². The van der Waals surface area contributed by atoms with Gasteiger partial charge in [0.15, 0.2) is 0 Å². The number of carbonyl (C=O) groups is 1. The number of aryl methyl sites for hydroxylation is 1. The van der Waals surface area contributed by atoms with E-state index in [4.69, 9.17) is 21.3 Å². The second-order valence-electron chi connectivity index (χ2n) is 6.76. The molecule has 9 nitrogen and oxygen atoms in total. The van der Waals surface area contributed by atoms with Gasteiger partial charge in [-0.15, -0.1) is 0 Å². The van der Waals surface area contributed by atoms with Crippen molar-refractivity contribution in [1.82, 2.24) is 19.5 Å². The Bertz CT molecular complexity index is 1070. The number of nitrogens with zero attached hydrogens (tertiary/aromatic N) is 4. The molecule has 3 aromatic rings. The Kier molecular flexibility index (Phi) is 6.11. The van der Waals surface area contributed by atoms with Crippen LogP contribution in [0.5, 0.6) is 5.88 Å². The Balaban J connectivity index is 1.88. The first-order valence-electron chi connectivity index (χ1n) is 8.96. The molecule has 0 saturated heterocycles. The highest BCUT2D eigenvalue weighted by molar-refractivity contribution is 5.73. The number of halogens is 3. The Morgan fingerprint density at radius 2 is 1.94 bits per heavy atom. The minimum Gasteiger partial charge on any atom is -0.480 e. The van der Waals surface area contributed by atoms with Crippen molar-refractivity contribution in [3.63, 3.8) is 0 Å². The average molecular weight is 436 g/mol. The van der Waals surface area contributed by atoms with Gasteiger partial charge >= 0.3 is 12.1 Å². The van der Waals surface area contributed by atoms with Crippen LogP contribution >= 0.6 is 0 Å². The maximum absolute atomic E-state index is 13.6. The summed E-state index contributed by atoms with van der Waals surface area (Å²) in [5.74, 6) is -1.75. The molecule has 0 amide bonds. The second-order valence-corrected chi connectivity index (χ2v) is 6.76. The average Bonchev–Trinajstić information content (AvgIpc) is 3.10. The number of nitrogen functional groups attached to an aromatic ring is 1. The van der Waals surface area contributed by atoms with Gasteiger partial charge in [0.05, 0.1) is 23.9 Å². The van der Waals surface area contributed by atoms with Crippen molar-refractivity contribution >= 4 is 11.9 Å². The van der Waals surface area contributed by atoms with E-state index in [1.165, 1.54) is 24.0 Å². The third kappa shape index (κ3) is 5.28. The lowest BCUT2D eigenvalue weighted by Crippen LogP contribution is -2.32. The summed E-state index contributed by atoms with van der Waals surface area (Å²) in [5, 5.41) is 8.90. The molecule has 5 N–H and O–H groups in total. The van der Waals surface area contributed by atoms with E-state index in [2.05, 4.69) is 15.0 Å². The number of ether oxygens (including phenoxy) is 1. The molecule has 3 rings (SSSR count). The number of hydrogen-bond acceptors (Lipinski definition) is 7. The summed E-state index contributed by atoms with van der Waals surface area (Å²) in [5.41, 5.74) is 12.4. The van der Waals surface area contributed by atoms with E-state index >= 15 is 0 Å². The van der Waals surface area contributed by atoms with Crippen molar-refractivity contribution in [3.05, 3.63) is 54.1 Å². The minimum atomic E-state index is -4.72. The molecule has 1 aromatic carbocycles. The molecule has 0 saturated carbocycles. The molecule has 164 valence electrons. The lowest BCUT2D eigenvalue weighted by atomic mass is 10.0. The van der Waals surface area contributed by atoms with Gasteiger partial charge in [-0.25, -0.2) is 9.97 Å². The lowest BCUT2D eigenvalue weighted by molar-refractivity contribution is -0.200. The number of carboxylic acids is 1. The molecule has 2 heterocycles. The molecule has 0 aliphatic carbocycles. The Morgan fingerprint density at radius 3 is 2.48 bits per heavy atom. The van der Waals surface area contributed by atoms with E-state index in [-0.39, 0.29) is 29.6 Å². The van der Waals surface area contributed by atoms with Crippen LogP contribution in [0.1, 0.15) is 17.4 Å². The highest BCUT2D eigenvalue weighted by Crippen LogP contribution is 2.36. The lowest BCUT2D eigenvalue weighted by Gasteiger charge is -2.21. The fraction of sp³-hybridized carbons (Fsp3) is 0.263. The van der Waals surface area contributed by atoms with Crippen molar-refractivity contribution in [2.45, 2.75) is 24.7 Å². The van der Waals surface area contributed by atoms with Gasteiger partial charge in [-0.2, -0.15) is 18.2 Å². The first-order chi connectivity index (χ1) is 14.5. The smallest absolute Gasteiger partial charge is 0.431 e. The van der Waals surface area contributed by atoms with Gasteiger partial charge in [0.2, 0.25) is 17.9 Å². The zero-order valence-electron chi connectivity index (χ0n) is 16.2. The molecular formula is C19H19F3N6O3. The number of aromatic nitrogens is 4. The number of nitrogens with two attached hydrogens (primary N) is 2. The number of benzene rings is 1. The minimum absolute atomic E-state index is 0.119. The van der Waals surface area contributed by atoms with Gasteiger partial charge in [-0.3, -0.25) is 4.79 Å². The molecule has 0 radical (unpaired) electrons. The van der Waals surface area contributed by atoms with Crippen LogP contribution in [0.25, 0.3) is 11.3 Å². The van der Waals surface area contributed by atoms with Crippen LogP contribution in [0.2, 0.25) is 0 Å². The number of rotatable bonds is 7. The van der Waals surface area contributed by atoms with Crippen LogP contribution in [0.15, 0.2) is 42.9 Å². The van der Waals surface area contributed by atoms with Crippen molar-refractivity contribution in [2.24, 2.45) is 12.8 Å². The quantitative estimate of drug-likeness (QED) is 0.511. The number of alkyl halides is 3. The highest BCUT2D eigenvalue weighted by Gasteiger charge is 2.45. The van der Waals surface area contributed by atoms with E-state index in [0.29, 0.717) is 11.1 Å². The number of imidazole rings is 1. The number of anilines is 1. The van der Waals surface area contributed by atoms with Gasteiger partial charge in [0.1, 0.15) is 6.04 Å². The Labute approximate surface area is 174 Å². The van der Waals surface area contributed by atoms with Gasteiger partial charge in [-0.05, 0) is 12.0 Å². The van der Waals surface area contributed by atoms with E-state index in [1.54, 1.807) is 24.3 Å². The second kappa shape index (κ2) is 8.60. The van der Waals surface area contributed by atoms with Crippen LogP contribution < -0.4 is 16.2 Å². The van der Waals surface area contributed by atoms with Gasteiger partial charge in [0.25, 0.3) is 0 Å². The number of hydrogen-bond donors (Lipinski definition) is 3. The molecule has 0 aliphatic rings. The first kappa shape index (κ1) is 22.0. The Morgan fingerprint density at radius 1 is 1.26 bits per heavy atom. The highest BCUT2D eigenvalue weighted by atomic mass is 19.4. The summed E-state index contributed by atoms with van der Waals surface area (Å²) in [6.07, 6.45) is -4.62. The maximum Gasteiger partial charge on any atom is 0.431 e. The summed E-state index contributed by atoms with van der Waals surface area (Å²) in [4.78, 5) is 22.4. The fourth-order valence-electron chi connectivity index (χ4n) is 2.84. The van der Waals surface area contributed by atoms with Gasteiger partial charge in [0, 0.05) is 18.7 Å². The SMILES string of the molecule is Cn1cncc1C(Oc1cc(-c2ccc(C[C@H](N)C(=O)O)cc2)nc(N)n1)C(F)(F)F. The summed E-state index contributed by atoms with van der Waals surface area (Å²) in [6, 6.07) is 6.72. The fourth-order valence-corrected chi connectivity index (χ4v) is 2.84. The predicted molar refractivity (Wildman–Crippen MR) is 104 cm³/mol. The maximum atomic E-state index is 13.6.